The van der Waals surface area contributed by atoms with Crippen molar-refractivity contribution in [1.29, 1.82) is 0 Å². The second-order valence-electron chi connectivity index (χ2n) is 10.0. The Balaban J connectivity index is 1.24. The lowest BCUT2D eigenvalue weighted by Crippen LogP contribution is -2.42. The molecule has 2 bridgehead atoms. The number of ether oxygens (including phenoxy) is 1. The number of hydrogen-bond acceptors (Lipinski definition) is 5. The fraction of sp³-hybridized carbons (Fsp3) is 0.500. The van der Waals surface area contributed by atoms with Crippen LogP contribution in [0.5, 0.6) is 0 Å². The molecule has 3 aliphatic rings. The maximum Gasteiger partial charge on any atom is 0.194 e. The predicted molar refractivity (Wildman–Crippen MR) is 123 cm³/mol. The van der Waals surface area contributed by atoms with Crippen LogP contribution in [0.15, 0.2) is 30.5 Å². The molecule has 0 N–H and O–H groups in total. The van der Waals surface area contributed by atoms with Gasteiger partial charge in [-0.3, -0.25) is 4.98 Å². The highest BCUT2D eigenvalue weighted by molar-refractivity contribution is 5.47. The predicted octanol–water partition coefficient (Wildman–Crippen LogP) is 4.61. The second-order valence-corrected chi connectivity index (χ2v) is 10.0. The van der Waals surface area contributed by atoms with Gasteiger partial charge < -0.3 is 9.64 Å². The number of piperidine rings is 1. The summed E-state index contributed by atoms with van der Waals surface area (Å²) in [4.78, 5) is 11.6. The molecule has 1 saturated heterocycles. The Labute approximate surface area is 202 Å². The van der Waals surface area contributed by atoms with Crippen LogP contribution in [-0.4, -0.2) is 39.4 Å². The molecule has 4 heterocycles. The SMILES string of the molecule is Cc1cc(N2C[C@H]3CC[C@@H](C2)C3Cc2nc3n(n2)CCCO[C@H]3c2ccc(F)c(F)c2F)ccn1. The zero-order valence-corrected chi connectivity index (χ0v) is 19.6. The van der Waals surface area contributed by atoms with E-state index in [4.69, 9.17) is 14.8 Å². The molecule has 1 aliphatic carbocycles. The Morgan fingerprint density at radius 2 is 1.86 bits per heavy atom. The van der Waals surface area contributed by atoms with E-state index in [1.807, 2.05) is 13.1 Å². The summed E-state index contributed by atoms with van der Waals surface area (Å²) >= 11 is 0. The lowest BCUT2D eigenvalue weighted by atomic mass is 9.82. The van der Waals surface area contributed by atoms with E-state index in [0.29, 0.717) is 49.0 Å². The quantitative estimate of drug-likeness (QED) is 0.507. The number of aryl methyl sites for hydroxylation is 2. The molecule has 35 heavy (non-hydrogen) atoms. The Morgan fingerprint density at radius 1 is 1.06 bits per heavy atom. The molecule has 1 aromatic carbocycles. The number of rotatable bonds is 4. The molecule has 184 valence electrons. The molecule has 2 aliphatic heterocycles. The van der Waals surface area contributed by atoms with E-state index in [9.17, 15) is 13.2 Å². The minimum absolute atomic E-state index is 0.0491. The third-order valence-corrected chi connectivity index (χ3v) is 7.82. The average Bonchev–Trinajstić information content (AvgIpc) is 3.25. The normalized spacial score (nSPS) is 26.0. The summed E-state index contributed by atoms with van der Waals surface area (Å²) in [7, 11) is 0. The van der Waals surface area contributed by atoms with Gasteiger partial charge in [0.15, 0.2) is 29.1 Å². The Hall–Kier alpha value is -2.94. The lowest BCUT2D eigenvalue weighted by molar-refractivity contribution is 0.0779. The van der Waals surface area contributed by atoms with Gasteiger partial charge in [0.2, 0.25) is 0 Å². The molecular weight excluding hydrogens is 455 g/mol. The van der Waals surface area contributed by atoms with Gasteiger partial charge in [0.05, 0.1) is 0 Å². The van der Waals surface area contributed by atoms with Gasteiger partial charge in [-0.2, -0.15) is 5.10 Å². The molecule has 3 aromatic rings. The van der Waals surface area contributed by atoms with Crippen molar-refractivity contribution < 1.29 is 17.9 Å². The first kappa shape index (κ1) is 22.5. The van der Waals surface area contributed by atoms with Gasteiger partial charge in [-0.05, 0) is 68.2 Å². The number of pyridine rings is 1. The van der Waals surface area contributed by atoms with Crippen LogP contribution in [0.2, 0.25) is 0 Å². The largest absolute Gasteiger partial charge is 0.371 e. The Morgan fingerprint density at radius 3 is 2.63 bits per heavy atom. The van der Waals surface area contributed by atoms with Crippen LogP contribution >= 0.6 is 0 Å². The molecule has 2 fully saturated rings. The summed E-state index contributed by atoms with van der Waals surface area (Å²) in [6.45, 7) is 4.98. The van der Waals surface area contributed by atoms with Crippen molar-refractivity contribution in [3.63, 3.8) is 0 Å². The van der Waals surface area contributed by atoms with Gasteiger partial charge in [0.1, 0.15) is 6.10 Å². The highest BCUT2D eigenvalue weighted by Gasteiger charge is 2.43. The summed E-state index contributed by atoms with van der Waals surface area (Å²) in [6, 6.07) is 6.39. The smallest absolute Gasteiger partial charge is 0.194 e. The number of benzene rings is 1. The maximum atomic E-state index is 14.6. The molecule has 2 aromatic heterocycles. The average molecular weight is 484 g/mol. The van der Waals surface area contributed by atoms with E-state index in [1.165, 1.54) is 24.6 Å². The maximum absolute atomic E-state index is 14.6. The van der Waals surface area contributed by atoms with E-state index < -0.39 is 23.6 Å². The second kappa shape index (κ2) is 8.93. The first-order valence-electron chi connectivity index (χ1n) is 12.3. The Kier molecular flexibility index (Phi) is 5.75. The molecule has 6 rings (SSSR count). The van der Waals surface area contributed by atoms with E-state index in [1.54, 1.807) is 4.68 Å². The number of aromatic nitrogens is 4. The van der Waals surface area contributed by atoms with Crippen LogP contribution in [0.4, 0.5) is 18.9 Å². The van der Waals surface area contributed by atoms with E-state index >= 15 is 0 Å². The monoisotopic (exact) mass is 483 g/mol. The topological polar surface area (TPSA) is 56.1 Å². The fourth-order valence-corrected chi connectivity index (χ4v) is 6.13. The van der Waals surface area contributed by atoms with Crippen molar-refractivity contribution in [3.05, 3.63) is 70.8 Å². The molecule has 0 spiro atoms. The van der Waals surface area contributed by atoms with Crippen molar-refractivity contribution in [2.75, 3.05) is 24.6 Å². The summed E-state index contributed by atoms with van der Waals surface area (Å²) in [6.07, 6.45) is 4.78. The van der Waals surface area contributed by atoms with Gasteiger partial charge in [-0.25, -0.2) is 22.8 Å². The number of fused-ring (bicyclic) bond motifs is 3. The molecule has 9 heteroatoms. The van der Waals surface area contributed by atoms with Crippen LogP contribution in [0.25, 0.3) is 0 Å². The van der Waals surface area contributed by atoms with Crippen molar-refractivity contribution in [2.45, 2.75) is 45.3 Å². The summed E-state index contributed by atoms with van der Waals surface area (Å²) in [5.41, 5.74) is 2.20. The molecule has 1 unspecified atom stereocenters. The highest BCUT2D eigenvalue weighted by Crippen LogP contribution is 2.44. The molecule has 6 nitrogen and oxygen atoms in total. The van der Waals surface area contributed by atoms with Crippen molar-refractivity contribution in [2.24, 2.45) is 17.8 Å². The van der Waals surface area contributed by atoms with Crippen molar-refractivity contribution in [1.82, 2.24) is 19.7 Å². The van der Waals surface area contributed by atoms with Crippen LogP contribution in [0.3, 0.4) is 0 Å². The number of nitrogens with zero attached hydrogens (tertiary/aromatic N) is 5. The minimum Gasteiger partial charge on any atom is -0.371 e. The van der Waals surface area contributed by atoms with Crippen molar-refractivity contribution >= 4 is 5.69 Å². The van der Waals surface area contributed by atoms with E-state index in [0.717, 1.165) is 31.3 Å². The van der Waals surface area contributed by atoms with Gasteiger partial charge in [0, 0.05) is 55.8 Å². The standard InChI is InChI=1S/C26H28F3N5O/c1-15-11-18(7-8-30-15)33-13-16-3-4-17(14-33)20(16)12-22-31-26-25(35-10-2-9-34(26)32-22)19-5-6-21(27)24(29)23(19)28/h5-8,11,16-17,20,25H,2-4,9-10,12-14H2,1H3/t16-,17+,20?,25-/m0/s1. The van der Waals surface area contributed by atoms with Gasteiger partial charge >= 0.3 is 0 Å². The zero-order valence-electron chi connectivity index (χ0n) is 19.6. The fourth-order valence-electron chi connectivity index (χ4n) is 6.13. The van der Waals surface area contributed by atoms with Crippen LogP contribution in [0, 0.1) is 42.1 Å². The van der Waals surface area contributed by atoms with Gasteiger partial charge in [-0.15, -0.1) is 0 Å². The molecule has 0 radical (unpaired) electrons. The number of anilines is 1. The van der Waals surface area contributed by atoms with Crippen LogP contribution in [-0.2, 0) is 17.7 Å². The molecule has 4 atom stereocenters. The number of halogens is 3. The summed E-state index contributed by atoms with van der Waals surface area (Å²) < 4.78 is 49.7. The molecule has 1 saturated carbocycles. The molecular formula is C26H28F3N5O. The van der Waals surface area contributed by atoms with Crippen LogP contribution in [0.1, 0.15) is 48.3 Å². The summed E-state index contributed by atoms with van der Waals surface area (Å²) in [5, 5.41) is 4.75. The van der Waals surface area contributed by atoms with Crippen molar-refractivity contribution in [3.8, 4) is 0 Å². The van der Waals surface area contributed by atoms with Gasteiger partial charge in [0.25, 0.3) is 0 Å². The third-order valence-electron chi connectivity index (χ3n) is 7.82. The first-order valence-corrected chi connectivity index (χ1v) is 12.3. The number of hydrogen-bond donors (Lipinski definition) is 0. The molecule has 0 amide bonds. The highest BCUT2D eigenvalue weighted by atomic mass is 19.2. The zero-order chi connectivity index (χ0) is 24.1. The summed E-state index contributed by atoms with van der Waals surface area (Å²) in [5.74, 6) is -1.17. The van der Waals surface area contributed by atoms with Gasteiger partial charge in [-0.1, -0.05) is 0 Å². The first-order chi connectivity index (χ1) is 17.0. The Bertz CT molecular complexity index is 1230. The minimum atomic E-state index is -1.49. The van der Waals surface area contributed by atoms with E-state index in [-0.39, 0.29) is 5.56 Å². The third kappa shape index (κ3) is 4.09. The lowest BCUT2D eigenvalue weighted by Gasteiger charge is -2.39. The van der Waals surface area contributed by atoms with E-state index in [2.05, 4.69) is 22.0 Å². The van der Waals surface area contributed by atoms with Crippen LogP contribution < -0.4 is 4.90 Å².